The minimum absolute atomic E-state index is 0.00711. The number of benzene rings is 1. The fraction of sp³-hybridized carbons (Fsp3) is 0.556. The first-order valence-corrected chi connectivity index (χ1v) is 9.14. The molecule has 1 aliphatic rings. The van der Waals surface area contributed by atoms with Crippen LogP contribution < -0.4 is 10.1 Å². The van der Waals surface area contributed by atoms with Crippen LogP contribution in [0, 0.1) is 0 Å². The molecule has 2 amide bonds. The number of likely N-dealkylation sites (tertiary alicyclic amines) is 1. The summed E-state index contributed by atoms with van der Waals surface area (Å²) in [6.45, 7) is 3.94. The summed E-state index contributed by atoms with van der Waals surface area (Å²) in [7, 11) is 0. The van der Waals surface area contributed by atoms with E-state index in [0.717, 1.165) is 24.2 Å². The molecule has 0 unspecified atom stereocenters. The largest absolute Gasteiger partial charge is 0.494 e. The van der Waals surface area contributed by atoms with E-state index < -0.39 is 0 Å². The van der Waals surface area contributed by atoms with Crippen molar-refractivity contribution in [2.75, 3.05) is 32.2 Å². The maximum Gasteiger partial charge on any atom is 0.409 e. The van der Waals surface area contributed by atoms with Gasteiger partial charge in [0.25, 0.3) is 0 Å². The zero-order valence-electron chi connectivity index (χ0n) is 14.5. The second-order valence-corrected chi connectivity index (χ2v) is 6.26. The average Bonchev–Trinajstić information content (AvgIpc) is 2.62. The van der Waals surface area contributed by atoms with Crippen LogP contribution >= 0.6 is 11.6 Å². The first kappa shape index (κ1) is 19.4. The van der Waals surface area contributed by atoms with Crippen molar-refractivity contribution in [2.24, 2.45) is 0 Å². The number of nitrogens with one attached hydrogen (secondary N) is 1. The molecule has 0 aliphatic carbocycles. The summed E-state index contributed by atoms with van der Waals surface area (Å²) in [5.41, 5.74) is 0.947. The lowest BCUT2D eigenvalue weighted by atomic mass is 10.0. The molecule has 0 atom stereocenters. The highest BCUT2D eigenvalue weighted by Crippen LogP contribution is 2.14. The van der Waals surface area contributed by atoms with E-state index in [1.165, 1.54) is 0 Å². The molecule has 1 N–H and O–H groups in total. The van der Waals surface area contributed by atoms with Crippen LogP contribution in [0.25, 0.3) is 0 Å². The van der Waals surface area contributed by atoms with Gasteiger partial charge in [0.15, 0.2) is 0 Å². The monoisotopic (exact) mass is 368 g/mol. The van der Waals surface area contributed by atoms with Crippen molar-refractivity contribution in [3.63, 3.8) is 0 Å². The quantitative estimate of drug-likeness (QED) is 0.751. The van der Waals surface area contributed by atoms with Gasteiger partial charge in [-0.25, -0.2) is 4.79 Å². The molecule has 1 fully saturated rings. The molecule has 0 saturated carbocycles. The van der Waals surface area contributed by atoms with Crippen molar-refractivity contribution in [3.8, 4) is 5.75 Å². The van der Waals surface area contributed by atoms with Gasteiger partial charge in [-0.2, -0.15) is 0 Å². The highest BCUT2D eigenvalue weighted by atomic mass is 35.5. The second-order valence-electron chi connectivity index (χ2n) is 5.89. The van der Waals surface area contributed by atoms with E-state index in [0.29, 0.717) is 32.0 Å². The van der Waals surface area contributed by atoms with Crippen LogP contribution in [0.1, 0.15) is 25.3 Å². The summed E-state index contributed by atoms with van der Waals surface area (Å²) in [6, 6.07) is 7.64. The molecule has 0 radical (unpaired) electrons. The van der Waals surface area contributed by atoms with Crippen LogP contribution in [0.15, 0.2) is 24.3 Å². The predicted octanol–water partition coefficient (Wildman–Crippen LogP) is 2.58. The number of carbonyl (C=O) groups excluding carboxylic acids is 2. The summed E-state index contributed by atoms with van der Waals surface area (Å²) in [4.78, 5) is 25.6. The minimum Gasteiger partial charge on any atom is -0.494 e. The molecule has 1 aromatic rings. The summed E-state index contributed by atoms with van der Waals surface area (Å²) in [5.74, 6) is 1.09. The van der Waals surface area contributed by atoms with Crippen LogP contribution in [-0.4, -0.2) is 55.1 Å². The van der Waals surface area contributed by atoms with E-state index in [9.17, 15) is 9.59 Å². The minimum atomic E-state index is -0.334. The van der Waals surface area contributed by atoms with E-state index in [2.05, 4.69) is 5.32 Å². The molecule has 1 aliphatic heterocycles. The number of nitrogens with zero attached hydrogens (tertiary/aromatic N) is 1. The number of hydrogen-bond donors (Lipinski definition) is 1. The van der Waals surface area contributed by atoms with Gasteiger partial charge in [-0.1, -0.05) is 12.1 Å². The van der Waals surface area contributed by atoms with Crippen molar-refractivity contribution < 1.29 is 19.1 Å². The van der Waals surface area contributed by atoms with Gasteiger partial charge < -0.3 is 19.7 Å². The third-order valence-electron chi connectivity index (χ3n) is 4.02. The molecule has 1 aromatic carbocycles. The predicted molar refractivity (Wildman–Crippen MR) is 96.1 cm³/mol. The van der Waals surface area contributed by atoms with Gasteiger partial charge in [0.1, 0.15) is 12.4 Å². The lowest BCUT2D eigenvalue weighted by Gasteiger charge is -2.31. The van der Waals surface area contributed by atoms with E-state index in [-0.39, 0.29) is 24.6 Å². The van der Waals surface area contributed by atoms with Gasteiger partial charge in [-0.05, 0) is 37.5 Å². The molecule has 0 aromatic heterocycles. The lowest BCUT2D eigenvalue weighted by molar-refractivity contribution is -0.121. The van der Waals surface area contributed by atoms with Crippen molar-refractivity contribution in [1.82, 2.24) is 10.2 Å². The van der Waals surface area contributed by atoms with Gasteiger partial charge in [-0.3, -0.25) is 4.79 Å². The summed E-state index contributed by atoms with van der Waals surface area (Å²) >= 11 is 5.51. The van der Waals surface area contributed by atoms with E-state index >= 15 is 0 Å². The number of piperidine rings is 1. The number of hydrogen-bond acceptors (Lipinski definition) is 4. The fourth-order valence-electron chi connectivity index (χ4n) is 2.76. The van der Waals surface area contributed by atoms with Gasteiger partial charge in [0.05, 0.1) is 18.9 Å². The number of rotatable bonds is 7. The Bertz CT molecular complexity index is 557. The maximum absolute atomic E-state index is 12.2. The Morgan fingerprint density at radius 1 is 1.24 bits per heavy atom. The normalized spacial score (nSPS) is 14.9. The topological polar surface area (TPSA) is 67.9 Å². The Morgan fingerprint density at radius 3 is 2.52 bits per heavy atom. The Labute approximate surface area is 153 Å². The Hall–Kier alpha value is -1.95. The first-order valence-electron chi connectivity index (χ1n) is 8.61. The molecule has 2 rings (SSSR count). The Kier molecular flexibility index (Phi) is 7.85. The Morgan fingerprint density at radius 2 is 1.92 bits per heavy atom. The number of alkyl halides is 1. The number of halogens is 1. The van der Waals surface area contributed by atoms with Crippen LogP contribution in [-0.2, 0) is 16.0 Å². The van der Waals surface area contributed by atoms with Crippen LogP contribution in [0.4, 0.5) is 4.79 Å². The number of carbonyl (C=O) groups is 2. The molecule has 1 saturated heterocycles. The highest BCUT2D eigenvalue weighted by molar-refractivity contribution is 6.18. The van der Waals surface area contributed by atoms with Gasteiger partial charge in [0, 0.05) is 19.1 Å². The molecule has 0 bridgehead atoms. The fourth-order valence-corrected chi connectivity index (χ4v) is 2.84. The molecular weight excluding hydrogens is 344 g/mol. The molecule has 0 spiro atoms. The second kappa shape index (κ2) is 10.1. The third kappa shape index (κ3) is 6.46. The standard InChI is InChI=1S/C18H25ClN2O4/c1-2-24-16-5-3-14(4-6-16)13-17(22)20-15-7-10-21(11-8-15)18(23)25-12-9-19/h3-6,15H,2,7-13H2,1H3,(H,20,22). The smallest absolute Gasteiger partial charge is 0.409 e. The van der Waals surface area contributed by atoms with Crippen molar-refractivity contribution in [3.05, 3.63) is 29.8 Å². The zero-order valence-corrected chi connectivity index (χ0v) is 15.3. The number of ether oxygens (including phenoxy) is 2. The molecular formula is C18H25ClN2O4. The molecule has 7 heteroatoms. The first-order chi connectivity index (χ1) is 12.1. The van der Waals surface area contributed by atoms with E-state index in [1.807, 2.05) is 31.2 Å². The Balaban J connectivity index is 1.72. The van der Waals surface area contributed by atoms with Crippen LogP contribution in [0.3, 0.4) is 0 Å². The highest BCUT2D eigenvalue weighted by Gasteiger charge is 2.24. The summed E-state index contributed by atoms with van der Waals surface area (Å²) in [6.07, 6.45) is 1.46. The number of amides is 2. The van der Waals surface area contributed by atoms with Crippen molar-refractivity contribution in [1.29, 1.82) is 0 Å². The summed E-state index contributed by atoms with van der Waals surface area (Å²) in [5, 5.41) is 3.04. The summed E-state index contributed by atoms with van der Waals surface area (Å²) < 4.78 is 10.4. The maximum atomic E-state index is 12.2. The zero-order chi connectivity index (χ0) is 18.1. The van der Waals surface area contributed by atoms with E-state index in [4.69, 9.17) is 21.1 Å². The van der Waals surface area contributed by atoms with Gasteiger partial charge in [0.2, 0.25) is 5.91 Å². The molecule has 6 nitrogen and oxygen atoms in total. The van der Waals surface area contributed by atoms with Crippen LogP contribution in [0.5, 0.6) is 5.75 Å². The van der Waals surface area contributed by atoms with Crippen LogP contribution in [0.2, 0.25) is 0 Å². The SMILES string of the molecule is CCOc1ccc(CC(=O)NC2CCN(C(=O)OCCCl)CC2)cc1. The molecule has 138 valence electrons. The van der Waals surface area contributed by atoms with E-state index in [1.54, 1.807) is 4.90 Å². The third-order valence-corrected chi connectivity index (χ3v) is 4.17. The van der Waals surface area contributed by atoms with Crippen molar-refractivity contribution in [2.45, 2.75) is 32.2 Å². The lowest BCUT2D eigenvalue weighted by Crippen LogP contribution is -2.47. The molecule has 1 heterocycles. The van der Waals surface area contributed by atoms with Crippen molar-refractivity contribution >= 4 is 23.6 Å². The average molecular weight is 369 g/mol. The molecule has 25 heavy (non-hydrogen) atoms. The van der Waals surface area contributed by atoms with Gasteiger partial charge in [-0.15, -0.1) is 11.6 Å². The van der Waals surface area contributed by atoms with Gasteiger partial charge >= 0.3 is 6.09 Å².